The van der Waals surface area contributed by atoms with Crippen molar-refractivity contribution in [1.29, 1.82) is 0 Å². The lowest BCUT2D eigenvalue weighted by Gasteiger charge is -2.16. The van der Waals surface area contributed by atoms with Gasteiger partial charge in [0.15, 0.2) is 0 Å². The standard InChI is InChI=1S/C14H19NO4/c1-9(2)7-12(14(18)19)15-8-10-3-5-11(6-4-10)13(16)17/h3-6,9,12,15H,7-8H2,1-2H3,(H,16,17)(H,18,19)/t12-/m1/s1. The number of benzene rings is 1. The Hall–Kier alpha value is -1.88. The third-order valence-electron chi connectivity index (χ3n) is 2.76. The number of hydrogen-bond acceptors (Lipinski definition) is 3. The first-order chi connectivity index (χ1) is 8.90. The Bertz CT molecular complexity index is 439. The summed E-state index contributed by atoms with van der Waals surface area (Å²) in [6, 6.07) is 5.81. The van der Waals surface area contributed by atoms with E-state index in [0.717, 1.165) is 5.56 Å². The third-order valence-corrected chi connectivity index (χ3v) is 2.76. The fraction of sp³-hybridized carbons (Fsp3) is 0.429. The Morgan fingerprint density at radius 3 is 2.16 bits per heavy atom. The van der Waals surface area contributed by atoms with Crippen molar-refractivity contribution in [2.24, 2.45) is 5.92 Å². The van der Waals surface area contributed by atoms with E-state index in [9.17, 15) is 9.59 Å². The number of nitrogens with one attached hydrogen (secondary N) is 1. The van der Waals surface area contributed by atoms with Crippen molar-refractivity contribution >= 4 is 11.9 Å². The van der Waals surface area contributed by atoms with Crippen LogP contribution in [-0.2, 0) is 11.3 Å². The number of carboxylic acids is 2. The van der Waals surface area contributed by atoms with Crippen LogP contribution in [-0.4, -0.2) is 28.2 Å². The van der Waals surface area contributed by atoms with Gasteiger partial charge < -0.3 is 15.5 Å². The molecule has 0 saturated carbocycles. The minimum Gasteiger partial charge on any atom is -0.480 e. The van der Waals surface area contributed by atoms with Gasteiger partial charge in [0.1, 0.15) is 6.04 Å². The monoisotopic (exact) mass is 265 g/mol. The Balaban J connectivity index is 2.59. The van der Waals surface area contributed by atoms with Crippen LogP contribution in [0.4, 0.5) is 0 Å². The fourth-order valence-corrected chi connectivity index (χ4v) is 1.75. The number of carbonyl (C=O) groups is 2. The van der Waals surface area contributed by atoms with Crippen LogP contribution >= 0.6 is 0 Å². The van der Waals surface area contributed by atoms with Crippen LogP contribution in [0.5, 0.6) is 0 Å². The molecule has 0 aromatic heterocycles. The molecule has 0 radical (unpaired) electrons. The molecule has 1 aromatic carbocycles. The SMILES string of the molecule is CC(C)C[C@@H](NCc1ccc(C(=O)O)cc1)C(=O)O. The lowest BCUT2D eigenvalue weighted by atomic mass is 10.0. The number of carboxylic acid groups (broad SMARTS) is 2. The summed E-state index contributed by atoms with van der Waals surface area (Å²) in [6.45, 7) is 4.35. The summed E-state index contributed by atoms with van der Waals surface area (Å²) in [7, 11) is 0. The van der Waals surface area contributed by atoms with Crippen LogP contribution in [0.2, 0.25) is 0 Å². The molecule has 3 N–H and O–H groups in total. The van der Waals surface area contributed by atoms with Crippen molar-refractivity contribution in [3.8, 4) is 0 Å². The molecular formula is C14H19NO4. The molecule has 19 heavy (non-hydrogen) atoms. The molecule has 0 aliphatic rings. The van der Waals surface area contributed by atoms with Gasteiger partial charge in [-0.25, -0.2) is 4.79 Å². The van der Waals surface area contributed by atoms with Crippen LogP contribution in [0.25, 0.3) is 0 Å². The predicted molar refractivity (Wildman–Crippen MR) is 71.1 cm³/mol. The summed E-state index contributed by atoms with van der Waals surface area (Å²) >= 11 is 0. The van der Waals surface area contributed by atoms with E-state index in [0.29, 0.717) is 18.9 Å². The lowest BCUT2D eigenvalue weighted by molar-refractivity contribution is -0.140. The van der Waals surface area contributed by atoms with E-state index in [4.69, 9.17) is 10.2 Å². The first-order valence-corrected chi connectivity index (χ1v) is 6.18. The molecule has 1 rings (SSSR count). The maximum Gasteiger partial charge on any atom is 0.335 e. The summed E-state index contributed by atoms with van der Waals surface area (Å²) < 4.78 is 0. The smallest absolute Gasteiger partial charge is 0.335 e. The molecular weight excluding hydrogens is 246 g/mol. The van der Waals surface area contributed by atoms with Crippen molar-refractivity contribution in [1.82, 2.24) is 5.32 Å². The number of hydrogen-bond donors (Lipinski definition) is 3. The number of aromatic carboxylic acids is 1. The van der Waals surface area contributed by atoms with E-state index >= 15 is 0 Å². The fourth-order valence-electron chi connectivity index (χ4n) is 1.75. The van der Waals surface area contributed by atoms with E-state index in [1.807, 2.05) is 13.8 Å². The summed E-state index contributed by atoms with van der Waals surface area (Å²) in [5.74, 6) is -1.54. The van der Waals surface area contributed by atoms with E-state index in [-0.39, 0.29) is 5.56 Å². The molecule has 1 aromatic rings. The highest BCUT2D eigenvalue weighted by Gasteiger charge is 2.17. The molecule has 0 aliphatic carbocycles. The minimum absolute atomic E-state index is 0.223. The lowest BCUT2D eigenvalue weighted by Crippen LogP contribution is -2.37. The highest BCUT2D eigenvalue weighted by atomic mass is 16.4. The number of aliphatic carboxylic acids is 1. The zero-order chi connectivity index (χ0) is 14.4. The molecule has 0 aliphatic heterocycles. The predicted octanol–water partition coefficient (Wildman–Crippen LogP) is 1.97. The first kappa shape index (κ1) is 15.2. The maximum atomic E-state index is 11.1. The molecule has 0 amide bonds. The van der Waals surface area contributed by atoms with Gasteiger partial charge in [0.05, 0.1) is 5.56 Å². The van der Waals surface area contributed by atoms with Crippen molar-refractivity contribution < 1.29 is 19.8 Å². The normalized spacial score (nSPS) is 12.4. The summed E-state index contributed by atoms with van der Waals surface area (Å²) in [5, 5.41) is 20.8. The Labute approximate surface area is 112 Å². The molecule has 1 atom stereocenters. The Kier molecular flexibility index (Phi) is 5.51. The van der Waals surface area contributed by atoms with Gasteiger partial charge in [-0.2, -0.15) is 0 Å². The van der Waals surface area contributed by atoms with Crippen molar-refractivity contribution in [2.75, 3.05) is 0 Å². The van der Waals surface area contributed by atoms with Gasteiger partial charge in [0, 0.05) is 6.54 Å². The highest BCUT2D eigenvalue weighted by Crippen LogP contribution is 2.08. The summed E-state index contributed by atoms with van der Waals surface area (Å²) in [5.41, 5.74) is 1.08. The van der Waals surface area contributed by atoms with Crippen LogP contribution < -0.4 is 5.32 Å². The third kappa shape index (κ3) is 5.09. The van der Waals surface area contributed by atoms with E-state index in [1.165, 1.54) is 12.1 Å². The second kappa shape index (κ2) is 6.89. The number of rotatable bonds is 7. The van der Waals surface area contributed by atoms with Gasteiger partial charge in [-0.1, -0.05) is 26.0 Å². The minimum atomic E-state index is -0.970. The quantitative estimate of drug-likeness (QED) is 0.701. The van der Waals surface area contributed by atoms with E-state index in [1.54, 1.807) is 12.1 Å². The van der Waals surface area contributed by atoms with Crippen molar-refractivity contribution in [2.45, 2.75) is 32.9 Å². The van der Waals surface area contributed by atoms with Gasteiger partial charge >= 0.3 is 11.9 Å². The van der Waals surface area contributed by atoms with Crippen LogP contribution in [0, 0.1) is 5.92 Å². The van der Waals surface area contributed by atoms with E-state index in [2.05, 4.69) is 5.32 Å². The molecule has 0 saturated heterocycles. The average Bonchev–Trinajstić information content (AvgIpc) is 2.34. The molecule has 5 heteroatoms. The molecule has 0 spiro atoms. The molecule has 0 bridgehead atoms. The Morgan fingerprint density at radius 1 is 1.16 bits per heavy atom. The van der Waals surface area contributed by atoms with E-state index < -0.39 is 18.0 Å². The molecule has 5 nitrogen and oxygen atoms in total. The van der Waals surface area contributed by atoms with Crippen LogP contribution in [0.15, 0.2) is 24.3 Å². The van der Waals surface area contributed by atoms with Crippen molar-refractivity contribution in [3.63, 3.8) is 0 Å². The zero-order valence-corrected chi connectivity index (χ0v) is 11.1. The molecule has 0 heterocycles. The molecule has 0 unspecified atom stereocenters. The van der Waals surface area contributed by atoms with Crippen LogP contribution in [0.3, 0.4) is 0 Å². The second-order valence-electron chi connectivity index (χ2n) is 4.90. The molecule has 0 fully saturated rings. The summed E-state index contributed by atoms with van der Waals surface area (Å²) in [6.07, 6.45) is 0.558. The zero-order valence-electron chi connectivity index (χ0n) is 11.1. The summed E-state index contributed by atoms with van der Waals surface area (Å²) in [4.78, 5) is 21.8. The van der Waals surface area contributed by atoms with Crippen LogP contribution in [0.1, 0.15) is 36.2 Å². The Morgan fingerprint density at radius 2 is 1.74 bits per heavy atom. The topological polar surface area (TPSA) is 86.6 Å². The van der Waals surface area contributed by atoms with Gasteiger partial charge in [-0.3, -0.25) is 4.79 Å². The first-order valence-electron chi connectivity index (χ1n) is 6.18. The largest absolute Gasteiger partial charge is 0.480 e. The molecule has 104 valence electrons. The average molecular weight is 265 g/mol. The second-order valence-corrected chi connectivity index (χ2v) is 4.90. The highest BCUT2D eigenvalue weighted by molar-refractivity contribution is 5.87. The van der Waals surface area contributed by atoms with Gasteiger partial charge in [0.2, 0.25) is 0 Å². The van der Waals surface area contributed by atoms with Crippen molar-refractivity contribution in [3.05, 3.63) is 35.4 Å². The van der Waals surface area contributed by atoms with Gasteiger partial charge in [-0.15, -0.1) is 0 Å². The van der Waals surface area contributed by atoms with Gasteiger partial charge in [-0.05, 0) is 30.0 Å². The van der Waals surface area contributed by atoms with Gasteiger partial charge in [0.25, 0.3) is 0 Å². The maximum absolute atomic E-state index is 11.1.